The van der Waals surface area contributed by atoms with Gasteiger partial charge in [-0.25, -0.2) is 18.7 Å². The summed E-state index contributed by atoms with van der Waals surface area (Å²) in [6, 6.07) is 3.82. The Morgan fingerprint density at radius 3 is 2.38 bits per heavy atom. The standard InChI is InChI=1S/C22H27BF2N6O3/c24-16-2-1-3-17(25)19(16)29-22-28-18-12-26-21(27-14-6-4-13(5-7-14)23(32)33)30-20(18)31(22)15-8-10-34-11-9-15/h1-3,12-15,32-33H,4-11H2,(H,28,29)(H,26,27,30). The molecule has 2 fully saturated rings. The van der Waals surface area contributed by atoms with Gasteiger partial charge in [-0.2, -0.15) is 4.98 Å². The fraction of sp³-hybridized carbons (Fsp3) is 0.500. The molecule has 0 bridgehead atoms. The van der Waals surface area contributed by atoms with E-state index in [1.165, 1.54) is 18.2 Å². The number of aromatic nitrogens is 4. The zero-order valence-electron chi connectivity index (χ0n) is 18.6. The van der Waals surface area contributed by atoms with Crippen LogP contribution in [0.1, 0.15) is 44.6 Å². The summed E-state index contributed by atoms with van der Waals surface area (Å²) in [5.74, 6) is -0.777. The highest BCUT2D eigenvalue weighted by atomic mass is 19.1. The Morgan fingerprint density at radius 2 is 1.71 bits per heavy atom. The van der Waals surface area contributed by atoms with Crippen LogP contribution >= 0.6 is 0 Å². The second kappa shape index (κ2) is 9.81. The predicted octanol–water partition coefficient (Wildman–Crippen LogP) is 3.40. The van der Waals surface area contributed by atoms with Crippen LogP contribution < -0.4 is 10.6 Å². The van der Waals surface area contributed by atoms with Crippen LogP contribution in [0, 0.1) is 11.6 Å². The number of benzene rings is 1. The summed E-state index contributed by atoms with van der Waals surface area (Å²) in [6.45, 7) is 1.15. The van der Waals surface area contributed by atoms with Gasteiger partial charge in [-0.05, 0) is 43.6 Å². The molecule has 1 aromatic carbocycles. The number of hydrogen-bond donors (Lipinski definition) is 4. The minimum absolute atomic E-state index is 0.000292. The van der Waals surface area contributed by atoms with Gasteiger partial charge in [0, 0.05) is 25.3 Å². The van der Waals surface area contributed by atoms with E-state index in [0.29, 0.717) is 49.1 Å². The van der Waals surface area contributed by atoms with Crippen molar-refractivity contribution in [2.45, 2.75) is 56.4 Å². The first-order valence-electron chi connectivity index (χ1n) is 11.7. The molecule has 1 saturated carbocycles. The summed E-state index contributed by atoms with van der Waals surface area (Å²) in [6.07, 6.45) is 6.02. The number of rotatable bonds is 6. The van der Waals surface area contributed by atoms with Crippen LogP contribution in [0.2, 0.25) is 5.82 Å². The Balaban J connectivity index is 1.45. The van der Waals surface area contributed by atoms with Crippen molar-refractivity contribution in [2.75, 3.05) is 23.8 Å². The van der Waals surface area contributed by atoms with Crippen molar-refractivity contribution < 1.29 is 23.6 Å². The summed E-state index contributed by atoms with van der Waals surface area (Å²) in [5, 5.41) is 25.0. The molecule has 0 amide bonds. The van der Waals surface area contributed by atoms with Crippen molar-refractivity contribution in [1.29, 1.82) is 0 Å². The van der Waals surface area contributed by atoms with Crippen LogP contribution in [0.25, 0.3) is 11.2 Å². The number of ether oxygens (including phenoxy) is 1. The highest BCUT2D eigenvalue weighted by Gasteiger charge is 2.30. The second-order valence-electron chi connectivity index (χ2n) is 8.94. The van der Waals surface area contributed by atoms with Gasteiger partial charge in [0.15, 0.2) is 5.65 Å². The molecule has 3 heterocycles. The molecule has 4 N–H and O–H groups in total. The van der Waals surface area contributed by atoms with Crippen molar-refractivity contribution in [3.63, 3.8) is 0 Å². The van der Waals surface area contributed by atoms with E-state index < -0.39 is 18.8 Å². The van der Waals surface area contributed by atoms with Gasteiger partial charge < -0.3 is 25.4 Å². The molecule has 0 spiro atoms. The van der Waals surface area contributed by atoms with Gasteiger partial charge in [0.1, 0.15) is 22.8 Å². The molecular weight excluding hydrogens is 445 g/mol. The van der Waals surface area contributed by atoms with Crippen LogP contribution in [0.3, 0.4) is 0 Å². The third-order valence-corrected chi connectivity index (χ3v) is 6.71. The summed E-state index contributed by atoms with van der Waals surface area (Å²) < 4.78 is 36.1. The van der Waals surface area contributed by atoms with Crippen molar-refractivity contribution in [1.82, 2.24) is 19.5 Å². The number of anilines is 3. The van der Waals surface area contributed by atoms with E-state index in [1.807, 2.05) is 4.57 Å². The lowest BCUT2D eigenvalue weighted by molar-refractivity contribution is 0.0710. The molecule has 5 rings (SSSR count). The number of hydrogen-bond acceptors (Lipinski definition) is 8. The van der Waals surface area contributed by atoms with Crippen molar-refractivity contribution in [3.05, 3.63) is 36.0 Å². The molecule has 0 atom stereocenters. The number of imidazole rings is 1. The van der Waals surface area contributed by atoms with E-state index in [9.17, 15) is 18.8 Å². The van der Waals surface area contributed by atoms with E-state index in [-0.39, 0.29) is 23.6 Å². The average Bonchev–Trinajstić information content (AvgIpc) is 3.20. The van der Waals surface area contributed by atoms with E-state index in [4.69, 9.17) is 9.72 Å². The fourth-order valence-corrected chi connectivity index (χ4v) is 4.81. The van der Waals surface area contributed by atoms with Crippen molar-refractivity contribution in [3.8, 4) is 0 Å². The molecule has 9 nitrogen and oxygen atoms in total. The first kappa shape index (κ1) is 22.9. The van der Waals surface area contributed by atoms with E-state index in [0.717, 1.165) is 25.7 Å². The molecular formula is C22H27BF2N6O3. The largest absolute Gasteiger partial charge is 0.454 e. The SMILES string of the molecule is OB(O)C1CCC(Nc2ncc3nc(Nc4c(F)cccc4F)n(C4CCOCC4)c3n2)CC1. The Kier molecular flexibility index (Phi) is 6.62. The third-order valence-electron chi connectivity index (χ3n) is 6.71. The quantitative estimate of drug-likeness (QED) is 0.404. The molecule has 1 aliphatic heterocycles. The normalized spacial score (nSPS) is 21.5. The van der Waals surface area contributed by atoms with E-state index in [1.54, 1.807) is 6.20 Å². The minimum atomic E-state index is -1.28. The maximum atomic E-state index is 14.3. The van der Waals surface area contributed by atoms with Gasteiger partial charge in [-0.1, -0.05) is 18.9 Å². The Labute approximate surface area is 195 Å². The van der Waals surface area contributed by atoms with Gasteiger partial charge in [-0.3, -0.25) is 4.57 Å². The molecule has 0 radical (unpaired) electrons. The molecule has 1 aliphatic carbocycles. The monoisotopic (exact) mass is 472 g/mol. The minimum Gasteiger partial charge on any atom is -0.427 e. The van der Waals surface area contributed by atoms with Gasteiger partial charge >= 0.3 is 7.12 Å². The lowest BCUT2D eigenvalue weighted by Crippen LogP contribution is -2.31. The van der Waals surface area contributed by atoms with Crippen LogP contribution in [0.4, 0.5) is 26.4 Å². The van der Waals surface area contributed by atoms with Crippen LogP contribution in [-0.2, 0) is 4.74 Å². The molecule has 180 valence electrons. The summed E-state index contributed by atoms with van der Waals surface area (Å²) in [7, 11) is -1.28. The molecule has 12 heteroatoms. The van der Waals surface area contributed by atoms with Gasteiger partial charge in [-0.15, -0.1) is 0 Å². The lowest BCUT2D eigenvalue weighted by Gasteiger charge is -2.28. The number of nitrogens with zero attached hydrogens (tertiary/aromatic N) is 4. The summed E-state index contributed by atoms with van der Waals surface area (Å²) in [5.41, 5.74) is 0.826. The molecule has 34 heavy (non-hydrogen) atoms. The fourth-order valence-electron chi connectivity index (χ4n) is 4.81. The predicted molar refractivity (Wildman–Crippen MR) is 124 cm³/mol. The molecule has 2 aliphatic rings. The van der Waals surface area contributed by atoms with Crippen LogP contribution in [0.15, 0.2) is 24.4 Å². The smallest absolute Gasteiger partial charge is 0.427 e. The molecule has 2 aromatic heterocycles. The topological polar surface area (TPSA) is 117 Å². The highest BCUT2D eigenvalue weighted by Crippen LogP contribution is 2.34. The van der Waals surface area contributed by atoms with Crippen molar-refractivity contribution in [2.24, 2.45) is 0 Å². The van der Waals surface area contributed by atoms with Crippen LogP contribution in [-0.4, -0.2) is 55.9 Å². The maximum absolute atomic E-state index is 14.3. The van der Waals surface area contributed by atoms with Gasteiger partial charge in [0.2, 0.25) is 11.9 Å². The molecule has 1 saturated heterocycles. The van der Waals surface area contributed by atoms with Crippen LogP contribution in [0.5, 0.6) is 0 Å². The maximum Gasteiger partial charge on any atom is 0.454 e. The third kappa shape index (κ3) is 4.70. The second-order valence-corrected chi connectivity index (χ2v) is 8.94. The number of fused-ring (bicyclic) bond motifs is 1. The number of nitrogens with one attached hydrogen (secondary N) is 2. The van der Waals surface area contributed by atoms with Gasteiger partial charge in [0.25, 0.3) is 0 Å². The Bertz CT molecular complexity index is 1130. The Morgan fingerprint density at radius 1 is 1.00 bits per heavy atom. The molecule has 3 aromatic rings. The molecule has 0 unspecified atom stereocenters. The first-order chi connectivity index (χ1) is 16.5. The summed E-state index contributed by atoms with van der Waals surface area (Å²) in [4.78, 5) is 13.7. The zero-order valence-corrected chi connectivity index (χ0v) is 18.6. The lowest BCUT2D eigenvalue weighted by atomic mass is 9.64. The van der Waals surface area contributed by atoms with E-state index in [2.05, 4.69) is 20.6 Å². The zero-order chi connectivity index (χ0) is 23.7. The van der Waals surface area contributed by atoms with Crippen molar-refractivity contribution >= 4 is 35.9 Å². The van der Waals surface area contributed by atoms with Gasteiger partial charge in [0.05, 0.1) is 6.20 Å². The van der Waals surface area contributed by atoms with E-state index >= 15 is 0 Å². The average molecular weight is 472 g/mol. The first-order valence-corrected chi connectivity index (χ1v) is 11.7. The Hall–Kier alpha value is -2.83. The highest BCUT2D eigenvalue weighted by molar-refractivity contribution is 6.43. The number of halogens is 2. The number of para-hydroxylation sites is 1. The summed E-state index contributed by atoms with van der Waals surface area (Å²) >= 11 is 0.